The van der Waals surface area contributed by atoms with Crippen LogP contribution in [-0.2, 0) is 11.4 Å². The molecule has 0 saturated carbocycles. The van der Waals surface area contributed by atoms with Gasteiger partial charge in [0.1, 0.15) is 6.26 Å². The van der Waals surface area contributed by atoms with Crippen molar-refractivity contribution < 1.29 is 4.55 Å². The quantitative estimate of drug-likeness (QED) is 0.636. The standard InChI is InChI=1S/C8H13NOS/c1-7-5-3-4-6-8(7)9-11(2)10/h3-4,6-7,9H,5H2,1-2H3. The summed E-state index contributed by atoms with van der Waals surface area (Å²) in [5, 5.41) is 0. The minimum Gasteiger partial charge on any atom is -0.593 e. The van der Waals surface area contributed by atoms with Gasteiger partial charge in [-0.3, -0.25) is 0 Å². The predicted molar refractivity (Wildman–Crippen MR) is 48.2 cm³/mol. The molecule has 0 bridgehead atoms. The maximum atomic E-state index is 10.8. The average molecular weight is 171 g/mol. The maximum Gasteiger partial charge on any atom is 0.121 e. The third-order valence-electron chi connectivity index (χ3n) is 1.69. The number of allylic oxidation sites excluding steroid dienone is 4. The Labute approximate surface area is 70.7 Å². The van der Waals surface area contributed by atoms with Gasteiger partial charge in [0.2, 0.25) is 0 Å². The Hall–Kier alpha value is -0.410. The fourth-order valence-corrected chi connectivity index (χ4v) is 1.65. The molecule has 0 aromatic rings. The van der Waals surface area contributed by atoms with E-state index in [2.05, 4.69) is 17.7 Å². The van der Waals surface area contributed by atoms with Crippen LogP contribution in [0.5, 0.6) is 0 Å². The highest BCUT2D eigenvalue weighted by Gasteiger charge is 2.12. The van der Waals surface area contributed by atoms with Crippen LogP contribution in [0.1, 0.15) is 13.3 Å². The van der Waals surface area contributed by atoms with E-state index in [0.29, 0.717) is 5.92 Å². The highest BCUT2D eigenvalue weighted by molar-refractivity contribution is 7.88. The summed E-state index contributed by atoms with van der Waals surface area (Å²) in [4.78, 5) is 0. The van der Waals surface area contributed by atoms with Crippen LogP contribution < -0.4 is 4.72 Å². The summed E-state index contributed by atoms with van der Waals surface area (Å²) < 4.78 is 13.7. The van der Waals surface area contributed by atoms with E-state index in [1.807, 2.05) is 12.2 Å². The first-order valence-electron chi connectivity index (χ1n) is 3.67. The second kappa shape index (κ2) is 3.83. The van der Waals surface area contributed by atoms with Crippen LogP contribution in [0, 0.1) is 5.92 Å². The SMILES string of the molecule is CC1CC=CC=C1N[S+](C)[O-]. The third kappa shape index (κ3) is 2.60. The van der Waals surface area contributed by atoms with E-state index in [0.717, 1.165) is 12.1 Å². The number of nitrogens with one attached hydrogen (secondary N) is 1. The van der Waals surface area contributed by atoms with Gasteiger partial charge in [-0.15, -0.1) is 0 Å². The lowest BCUT2D eigenvalue weighted by Gasteiger charge is -2.18. The van der Waals surface area contributed by atoms with Gasteiger partial charge in [0.25, 0.3) is 0 Å². The van der Waals surface area contributed by atoms with E-state index >= 15 is 0 Å². The Balaban J connectivity index is 2.54. The molecule has 1 rings (SSSR count). The lowest BCUT2D eigenvalue weighted by molar-refractivity contribution is 0.580. The minimum atomic E-state index is -0.936. The first-order valence-corrected chi connectivity index (χ1v) is 5.22. The van der Waals surface area contributed by atoms with E-state index in [4.69, 9.17) is 0 Å². The average Bonchev–Trinajstić information content (AvgIpc) is 1.93. The summed E-state index contributed by atoms with van der Waals surface area (Å²) in [6.07, 6.45) is 8.78. The highest BCUT2D eigenvalue weighted by atomic mass is 32.2. The van der Waals surface area contributed by atoms with Gasteiger partial charge in [0.15, 0.2) is 0 Å². The molecule has 2 atom stereocenters. The molecule has 2 unspecified atom stereocenters. The first kappa shape index (κ1) is 8.68. The molecular formula is C8H13NOS. The van der Waals surface area contributed by atoms with Gasteiger partial charge < -0.3 is 4.55 Å². The molecule has 2 nitrogen and oxygen atoms in total. The maximum absolute atomic E-state index is 10.8. The van der Waals surface area contributed by atoms with Crippen molar-refractivity contribution in [1.82, 2.24) is 4.72 Å². The van der Waals surface area contributed by atoms with Crippen molar-refractivity contribution in [3.63, 3.8) is 0 Å². The van der Waals surface area contributed by atoms with Gasteiger partial charge >= 0.3 is 0 Å². The second-order valence-electron chi connectivity index (χ2n) is 2.74. The van der Waals surface area contributed by atoms with Gasteiger partial charge in [0, 0.05) is 5.92 Å². The highest BCUT2D eigenvalue weighted by Crippen LogP contribution is 2.17. The first-order chi connectivity index (χ1) is 5.20. The van der Waals surface area contributed by atoms with Crippen molar-refractivity contribution in [2.24, 2.45) is 5.92 Å². The fourth-order valence-electron chi connectivity index (χ4n) is 1.05. The number of rotatable bonds is 2. The molecule has 0 saturated heterocycles. The fraction of sp³-hybridized carbons (Fsp3) is 0.500. The van der Waals surface area contributed by atoms with E-state index in [9.17, 15) is 4.55 Å². The Morgan fingerprint density at radius 1 is 1.73 bits per heavy atom. The van der Waals surface area contributed by atoms with E-state index in [1.54, 1.807) is 6.26 Å². The van der Waals surface area contributed by atoms with Gasteiger partial charge in [0.05, 0.1) is 17.1 Å². The molecule has 11 heavy (non-hydrogen) atoms. The van der Waals surface area contributed by atoms with Crippen molar-refractivity contribution in [1.29, 1.82) is 0 Å². The topological polar surface area (TPSA) is 35.1 Å². The van der Waals surface area contributed by atoms with Gasteiger partial charge in [-0.2, -0.15) is 0 Å². The van der Waals surface area contributed by atoms with Crippen LogP contribution in [-0.4, -0.2) is 10.8 Å². The zero-order chi connectivity index (χ0) is 8.27. The van der Waals surface area contributed by atoms with Crippen molar-refractivity contribution >= 4 is 11.4 Å². The molecule has 0 spiro atoms. The molecule has 0 aliphatic heterocycles. The number of hydrogen-bond acceptors (Lipinski definition) is 2. The van der Waals surface area contributed by atoms with Crippen molar-refractivity contribution in [2.45, 2.75) is 13.3 Å². The summed E-state index contributed by atoms with van der Waals surface area (Å²) >= 11 is -0.936. The summed E-state index contributed by atoms with van der Waals surface area (Å²) in [7, 11) is 0. The van der Waals surface area contributed by atoms with Crippen LogP contribution in [0.3, 0.4) is 0 Å². The van der Waals surface area contributed by atoms with Gasteiger partial charge in [-0.1, -0.05) is 19.1 Å². The molecule has 1 N–H and O–H groups in total. The largest absolute Gasteiger partial charge is 0.593 e. The molecular weight excluding hydrogens is 158 g/mol. The van der Waals surface area contributed by atoms with Gasteiger partial charge in [-0.05, 0) is 12.5 Å². The van der Waals surface area contributed by atoms with Crippen LogP contribution in [0.4, 0.5) is 0 Å². The van der Waals surface area contributed by atoms with E-state index in [1.165, 1.54) is 0 Å². The summed E-state index contributed by atoms with van der Waals surface area (Å²) in [5.74, 6) is 0.476. The van der Waals surface area contributed by atoms with Crippen molar-refractivity contribution in [2.75, 3.05) is 6.26 Å². The third-order valence-corrected chi connectivity index (χ3v) is 2.22. The van der Waals surface area contributed by atoms with Crippen LogP contribution in [0.2, 0.25) is 0 Å². The second-order valence-corrected chi connectivity index (χ2v) is 3.86. The Morgan fingerprint density at radius 2 is 2.45 bits per heavy atom. The molecule has 0 heterocycles. The lowest BCUT2D eigenvalue weighted by atomic mass is 10.00. The van der Waals surface area contributed by atoms with Crippen molar-refractivity contribution in [3.05, 3.63) is 23.9 Å². The van der Waals surface area contributed by atoms with E-state index in [-0.39, 0.29) is 0 Å². The normalized spacial score (nSPS) is 26.1. The summed E-state index contributed by atoms with van der Waals surface area (Å²) in [5.41, 5.74) is 1.08. The molecule has 3 heteroatoms. The monoisotopic (exact) mass is 171 g/mol. The molecule has 62 valence electrons. The van der Waals surface area contributed by atoms with Gasteiger partial charge in [-0.25, -0.2) is 4.72 Å². The predicted octanol–water partition coefficient (Wildman–Crippen LogP) is 1.35. The summed E-state index contributed by atoms with van der Waals surface area (Å²) in [6, 6.07) is 0. The number of hydrogen-bond donors (Lipinski definition) is 1. The van der Waals surface area contributed by atoms with Crippen molar-refractivity contribution in [3.8, 4) is 0 Å². The van der Waals surface area contributed by atoms with E-state index < -0.39 is 11.4 Å². The molecule has 0 amide bonds. The molecule has 0 radical (unpaired) electrons. The molecule has 0 fully saturated rings. The van der Waals surface area contributed by atoms with Crippen LogP contribution in [0.15, 0.2) is 23.9 Å². The summed E-state index contributed by atoms with van der Waals surface area (Å²) in [6.45, 7) is 2.12. The lowest BCUT2D eigenvalue weighted by Crippen LogP contribution is -2.25. The Bertz CT molecular complexity index is 187. The van der Waals surface area contributed by atoms with Crippen LogP contribution >= 0.6 is 0 Å². The smallest absolute Gasteiger partial charge is 0.121 e. The molecule has 1 aliphatic rings. The molecule has 0 aromatic heterocycles. The minimum absolute atomic E-state index is 0.476. The molecule has 1 aliphatic carbocycles. The zero-order valence-corrected chi connectivity index (χ0v) is 7.65. The Morgan fingerprint density at radius 3 is 3.00 bits per heavy atom. The zero-order valence-electron chi connectivity index (χ0n) is 6.83. The Kier molecular flexibility index (Phi) is 3.02. The van der Waals surface area contributed by atoms with Crippen LogP contribution in [0.25, 0.3) is 0 Å². The molecule has 0 aromatic carbocycles.